The summed E-state index contributed by atoms with van der Waals surface area (Å²) in [4.78, 5) is 44.0. The van der Waals surface area contributed by atoms with Gasteiger partial charge in [0.1, 0.15) is 5.82 Å². The molecule has 3 N–H and O–H groups in total. The largest absolute Gasteiger partial charge is 0.466 e. The lowest BCUT2D eigenvalue weighted by atomic mass is 10.2. The summed E-state index contributed by atoms with van der Waals surface area (Å²) in [5.41, 5.74) is 7.87. The molecule has 162 valence electrons. The van der Waals surface area contributed by atoms with Crippen LogP contribution in [-0.4, -0.2) is 38.8 Å². The van der Waals surface area contributed by atoms with E-state index in [0.717, 1.165) is 23.0 Å². The maximum absolute atomic E-state index is 12.4. The Labute approximate surface area is 186 Å². The molecule has 0 atom stereocenters. The second-order valence-electron chi connectivity index (χ2n) is 6.44. The smallest absolute Gasteiger partial charge is 0.311 e. The Kier molecular flexibility index (Phi) is 7.42. The zero-order valence-electron chi connectivity index (χ0n) is 17.0. The molecule has 3 aromatic rings. The summed E-state index contributed by atoms with van der Waals surface area (Å²) in [6.45, 7) is 3.98. The van der Waals surface area contributed by atoms with Crippen molar-refractivity contribution in [3.8, 4) is 5.69 Å². The van der Waals surface area contributed by atoms with Crippen LogP contribution in [0.15, 0.2) is 45.7 Å². The van der Waals surface area contributed by atoms with Gasteiger partial charge in [-0.25, -0.2) is 4.98 Å². The summed E-state index contributed by atoms with van der Waals surface area (Å²) in [6.07, 6.45) is 0.0466. The van der Waals surface area contributed by atoms with E-state index < -0.39 is 5.56 Å². The number of carbonyl (C=O) groups is 2. The Morgan fingerprint density at radius 3 is 2.84 bits per heavy atom. The summed E-state index contributed by atoms with van der Waals surface area (Å²) in [5.74, 6) is -0.469. The van der Waals surface area contributed by atoms with Crippen LogP contribution in [0.4, 0.5) is 10.9 Å². The molecule has 3 rings (SSSR count). The maximum Gasteiger partial charge on any atom is 0.311 e. The van der Waals surface area contributed by atoms with Gasteiger partial charge in [-0.15, -0.1) is 11.3 Å². The van der Waals surface area contributed by atoms with Gasteiger partial charge in [-0.05, 0) is 31.5 Å². The van der Waals surface area contributed by atoms with Crippen molar-refractivity contribution in [3.63, 3.8) is 0 Å². The molecule has 1 amide bonds. The molecule has 0 radical (unpaired) electrons. The molecule has 11 heteroatoms. The fourth-order valence-electron chi connectivity index (χ4n) is 2.69. The molecule has 0 saturated carbocycles. The van der Waals surface area contributed by atoms with E-state index in [2.05, 4.69) is 15.3 Å². The summed E-state index contributed by atoms with van der Waals surface area (Å²) < 4.78 is 6.52. The van der Waals surface area contributed by atoms with Crippen LogP contribution in [0.5, 0.6) is 0 Å². The van der Waals surface area contributed by atoms with Crippen molar-refractivity contribution in [2.75, 3.05) is 23.4 Å². The van der Waals surface area contributed by atoms with E-state index in [4.69, 9.17) is 10.5 Å². The molecule has 0 unspecified atom stereocenters. The molecule has 0 fully saturated rings. The van der Waals surface area contributed by atoms with E-state index >= 15 is 0 Å². The topological polar surface area (TPSA) is 129 Å². The van der Waals surface area contributed by atoms with Crippen LogP contribution in [0.2, 0.25) is 0 Å². The van der Waals surface area contributed by atoms with Crippen LogP contribution in [0, 0.1) is 6.92 Å². The fraction of sp³-hybridized carbons (Fsp3) is 0.250. The number of carbonyl (C=O) groups excluding carboxylic acids is 2. The lowest BCUT2D eigenvalue weighted by Gasteiger charge is -2.15. The monoisotopic (exact) mass is 459 g/mol. The van der Waals surface area contributed by atoms with E-state index in [-0.39, 0.29) is 29.9 Å². The molecule has 1 aromatic carbocycles. The van der Waals surface area contributed by atoms with Gasteiger partial charge in [0.15, 0.2) is 10.3 Å². The molecule has 0 aliphatic heterocycles. The van der Waals surface area contributed by atoms with E-state index in [1.165, 1.54) is 17.4 Å². The number of aromatic nitrogens is 3. The Hall–Kier alpha value is -3.18. The van der Waals surface area contributed by atoms with Crippen LogP contribution in [0.1, 0.15) is 18.2 Å². The van der Waals surface area contributed by atoms with Crippen molar-refractivity contribution < 1.29 is 14.3 Å². The average Bonchev–Trinajstić information content (AvgIpc) is 3.12. The first-order valence-electron chi connectivity index (χ1n) is 9.35. The normalized spacial score (nSPS) is 10.6. The van der Waals surface area contributed by atoms with Gasteiger partial charge in [-0.3, -0.25) is 19.0 Å². The van der Waals surface area contributed by atoms with Crippen LogP contribution in [0.3, 0.4) is 0 Å². The Bertz CT molecular complexity index is 1160. The lowest BCUT2D eigenvalue weighted by molar-refractivity contribution is -0.142. The van der Waals surface area contributed by atoms with Crippen molar-refractivity contribution >= 4 is 45.9 Å². The van der Waals surface area contributed by atoms with Gasteiger partial charge in [-0.1, -0.05) is 23.9 Å². The number of esters is 1. The van der Waals surface area contributed by atoms with Gasteiger partial charge >= 0.3 is 5.97 Å². The fourth-order valence-corrected chi connectivity index (χ4v) is 4.25. The Morgan fingerprint density at radius 1 is 1.29 bits per heavy atom. The summed E-state index contributed by atoms with van der Waals surface area (Å²) >= 11 is 2.31. The van der Waals surface area contributed by atoms with E-state index in [0.29, 0.717) is 22.6 Å². The van der Waals surface area contributed by atoms with E-state index in [1.807, 2.05) is 31.2 Å². The van der Waals surface area contributed by atoms with Gasteiger partial charge in [-0.2, -0.15) is 4.98 Å². The van der Waals surface area contributed by atoms with E-state index in [1.54, 1.807) is 16.9 Å². The minimum Gasteiger partial charge on any atom is -0.466 e. The molecule has 0 bridgehead atoms. The summed E-state index contributed by atoms with van der Waals surface area (Å²) in [6, 6.07) is 8.82. The molecule has 2 heterocycles. The lowest BCUT2D eigenvalue weighted by Crippen LogP contribution is -2.19. The highest BCUT2D eigenvalue weighted by molar-refractivity contribution is 7.99. The molecule has 0 aliphatic rings. The van der Waals surface area contributed by atoms with Crippen molar-refractivity contribution in [1.29, 1.82) is 0 Å². The number of nitrogen functional groups attached to an aromatic ring is 1. The van der Waals surface area contributed by atoms with Gasteiger partial charge in [0, 0.05) is 17.1 Å². The summed E-state index contributed by atoms with van der Waals surface area (Å²) in [7, 11) is 0. The van der Waals surface area contributed by atoms with Crippen LogP contribution in [0.25, 0.3) is 5.69 Å². The minimum absolute atomic E-state index is 0.00546. The maximum atomic E-state index is 12.4. The number of rotatable bonds is 8. The van der Waals surface area contributed by atoms with Crippen molar-refractivity contribution in [1.82, 2.24) is 14.5 Å². The number of aryl methyl sites for hydroxylation is 1. The molecular formula is C20H21N5O4S2. The average molecular weight is 460 g/mol. The number of thioether (sulfide) groups is 1. The molecule has 0 spiro atoms. The number of nitrogens with two attached hydrogens (primary N) is 1. The third-order valence-corrected chi connectivity index (χ3v) is 5.69. The standard InChI is InChI=1S/C20H21N5O4S2/c1-3-29-18(28)8-13-10-30-19(22-13)23-17(27)11-31-20-24-16(26)9-15(21)25(20)14-6-4-5-12(2)7-14/h4-7,9-10H,3,8,11,21H2,1-2H3,(H,22,23,27). The first kappa shape index (κ1) is 22.5. The highest BCUT2D eigenvalue weighted by Gasteiger charge is 2.14. The quantitative estimate of drug-likeness (QED) is 0.298. The first-order valence-corrected chi connectivity index (χ1v) is 11.2. The molecule has 31 heavy (non-hydrogen) atoms. The highest BCUT2D eigenvalue weighted by atomic mass is 32.2. The number of anilines is 2. The minimum atomic E-state index is -0.479. The van der Waals surface area contributed by atoms with Crippen LogP contribution < -0.4 is 16.6 Å². The van der Waals surface area contributed by atoms with Crippen LogP contribution >= 0.6 is 23.1 Å². The molecule has 0 saturated heterocycles. The SMILES string of the molecule is CCOC(=O)Cc1csc(NC(=O)CSc2nc(=O)cc(N)n2-c2cccc(C)c2)n1. The van der Waals surface area contributed by atoms with Crippen molar-refractivity contribution in [3.05, 3.63) is 57.3 Å². The predicted molar refractivity (Wildman–Crippen MR) is 121 cm³/mol. The number of hydrogen-bond acceptors (Lipinski definition) is 9. The zero-order chi connectivity index (χ0) is 22.4. The van der Waals surface area contributed by atoms with Crippen LogP contribution in [-0.2, 0) is 20.7 Å². The number of amides is 1. The summed E-state index contributed by atoms with van der Waals surface area (Å²) in [5, 5.41) is 5.06. The van der Waals surface area contributed by atoms with Crippen molar-refractivity contribution in [2.45, 2.75) is 25.4 Å². The number of hydrogen-bond donors (Lipinski definition) is 2. The second-order valence-corrected chi connectivity index (χ2v) is 8.24. The molecule has 9 nitrogen and oxygen atoms in total. The number of benzene rings is 1. The number of thiazole rings is 1. The zero-order valence-corrected chi connectivity index (χ0v) is 18.6. The number of nitrogens with zero attached hydrogens (tertiary/aromatic N) is 3. The Balaban J connectivity index is 1.69. The third kappa shape index (κ3) is 6.15. The molecule has 0 aliphatic carbocycles. The molecule has 2 aromatic heterocycles. The third-order valence-electron chi connectivity index (χ3n) is 3.95. The van der Waals surface area contributed by atoms with Gasteiger partial charge < -0.3 is 15.8 Å². The van der Waals surface area contributed by atoms with Crippen molar-refractivity contribution in [2.24, 2.45) is 0 Å². The Morgan fingerprint density at radius 2 is 2.10 bits per heavy atom. The van der Waals surface area contributed by atoms with Gasteiger partial charge in [0.2, 0.25) is 5.91 Å². The highest BCUT2D eigenvalue weighted by Crippen LogP contribution is 2.23. The first-order chi connectivity index (χ1) is 14.9. The number of ether oxygens (including phenoxy) is 1. The van der Waals surface area contributed by atoms with E-state index in [9.17, 15) is 14.4 Å². The van der Waals surface area contributed by atoms with Gasteiger partial charge in [0.05, 0.1) is 24.5 Å². The predicted octanol–water partition coefficient (Wildman–Crippen LogP) is 2.42. The van der Waals surface area contributed by atoms with Gasteiger partial charge in [0.25, 0.3) is 5.56 Å². The molecular weight excluding hydrogens is 438 g/mol. The second kappa shape index (κ2) is 10.2. The number of nitrogens with one attached hydrogen (secondary N) is 1.